The molecule has 0 radical (unpaired) electrons. The lowest BCUT2D eigenvalue weighted by Gasteiger charge is -2.23. The van der Waals surface area contributed by atoms with Gasteiger partial charge < -0.3 is 24.3 Å². The molecule has 1 aromatic carbocycles. The van der Waals surface area contributed by atoms with Crippen LogP contribution in [0.25, 0.3) is 33.1 Å². The Morgan fingerprint density at radius 2 is 2.00 bits per heavy atom. The molecule has 0 amide bonds. The highest BCUT2D eigenvalue weighted by molar-refractivity contribution is 6.05. The number of nitrogens with two attached hydrogens (primary N) is 1. The van der Waals surface area contributed by atoms with Crippen LogP contribution < -0.4 is 10.5 Å². The summed E-state index contributed by atoms with van der Waals surface area (Å²) in [5.74, 6) is 2.52. The summed E-state index contributed by atoms with van der Waals surface area (Å²) in [4.78, 5) is 9.22. The van der Waals surface area contributed by atoms with Crippen LogP contribution in [-0.2, 0) is 11.3 Å². The summed E-state index contributed by atoms with van der Waals surface area (Å²) in [6.07, 6.45) is 3.85. The third-order valence-corrected chi connectivity index (χ3v) is 6.01. The van der Waals surface area contributed by atoms with E-state index >= 15 is 0 Å². The lowest BCUT2D eigenvalue weighted by molar-refractivity contribution is 0.0618. The van der Waals surface area contributed by atoms with Gasteiger partial charge >= 0.3 is 0 Å². The van der Waals surface area contributed by atoms with Gasteiger partial charge in [-0.3, -0.25) is 4.98 Å². The Hall–Kier alpha value is -3.13. The number of imidazole rings is 1. The van der Waals surface area contributed by atoms with E-state index in [0.29, 0.717) is 11.9 Å². The van der Waals surface area contributed by atoms with Crippen molar-refractivity contribution in [3.63, 3.8) is 0 Å². The van der Waals surface area contributed by atoms with Crippen molar-refractivity contribution in [2.24, 2.45) is 5.92 Å². The zero-order valence-corrected chi connectivity index (χ0v) is 17.4. The largest absolute Gasteiger partial charge is 0.496 e. The second kappa shape index (κ2) is 7.28. The van der Waals surface area contributed by atoms with Gasteiger partial charge in [0.25, 0.3) is 0 Å². The number of benzene rings is 1. The van der Waals surface area contributed by atoms with Crippen molar-refractivity contribution in [2.75, 3.05) is 26.1 Å². The molecule has 0 atom stereocenters. The van der Waals surface area contributed by atoms with E-state index in [2.05, 4.69) is 19.7 Å². The van der Waals surface area contributed by atoms with Crippen LogP contribution in [0.15, 0.2) is 22.9 Å². The van der Waals surface area contributed by atoms with Crippen molar-refractivity contribution in [2.45, 2.75) is 33.2 Å². The first-order valence-corrected chi connectivity index (χ1v) is 10.2. The highest BCUT2D eigenvalue weighted by Gasteiger charge is 2.22. The average molecular weight is 407 g/mol. The molecule has 1 saturated heterocycles. The van der Waals surface area contributed by atoms with Gasteiger partial charge in [0.1, 0.15) is 17.0 Å². The van der Waals surface area contributed by atoms with Crippen LogP contribution in [0.4, 0.5) is 5.95 Å². The average Bonchev–Trinajstić information content (AvgIpc) is 3.26. The first-order valence-electron chi connectivity index (χ1n) is 10.2. The molecule has 156 valence electrons. The zero-order chi connectivity index (χ0) is 20.8. The monoisotopic (exact) mass is 407 g/mol. The number of hydrogen-bond acceptors (Lipinski definition) is 7. The van der Waals surface area contributed by atoms with Gasteiger partial charge in [0.15, 0.2) is 0 Å². The number of aromatic nitrogens is 4. The topological polar surface area (TPSA) is 101 Å². The minimum Gasteiger partial charge on any atom is -0.496 e. The van der Waals surface area contributed by atoms with Crippen LogP contribution in [-0.4, -0.2) is 40.0 Å². The van der Waals surface area contributed by atoms with Gasteiger partial charge in [-0.2, -0.15) is 0 Å². The van der Waals surface area contributed by atoms with Crippen LogP contribution in [0.5, 0.6) is 5.75 Å². The number of nitrogen functional groups attached to an aromatic ring is 1. The number of methoxy groups -OCH3 is 1. The van der Waals surface area contributed by atoms with Gasteiger partial charge in [-0.25, -0.2) is 4.98 Å². The fourth-order valence-corrected chi connectivity index (χ4v) is 4.46. The molecule has 5 rings (SSSR count). The molecule has 1 aliphatic rings. The van der Waals surface area contributed by atoms with Crippen molar-refractivity contribution in [3.8, 4) is 16.9 Å². The highest BCUT2D eigenvalue weighted by Crippen LogP contribution is 2.39. The van der Waals surface area contributed by atoms with Gasteiger partial charge in [-0.1, -0.05) is 5.16 Å². The smallest absolute Gasteiger partial charge is 0.201 e. The van der Waals surface area contributed by atoms with E-state index in [1.54, 1.807) is 13.3 Å². The van der Waals surface area contributed by atoms with E-state index in [0.717, 1.165) is 82.9 Å². The second-order valence-corrected chi connectivity index (χ2v) is 7.90. The number of rotatable bonds is 4. The SMILES string of the molecule is COc1cc2c(cc1-c1c(C)noc1C)ncc1nc(N)n(CC3CCOCC3)c12. The van der Waals surface area contributed by atoms with Gasteiger partial charge in [-0.05, 0) is 44.7 Å². The Labute approximate surface area is 174 Å². The Kier molecular flexibility index (Phi) is 4.58. The molecule has 8 heteroatoms. The number of pyridine rings is 1. The van der Waals surface area contributed by atoms with E-state index in [-0.39, 0.29) is 0 Å². The molecule has 30 heavy (non-hydrogen) atoms. The summed E-state index contributed by atoms with van der Waals surface area (Å²) in [6, 6.07) is 4.05. The maximum atomic E-state index is 6.32. The lowest BCUT2D eigenvalue weighted by atomic mass is 9.99. The first-order chi connectivity index (χ1) is 14.6. The molecule has 1 aliphatic heterocycles. The van der Waals surface area contributed by atoms with Crippen molar-refractivity contribution in [1.82, 2.24) is 19.7 Å². The molecule has 0 saturated carbocycles. The normalized spacial score (nSPS) is 15.3. The predicted molar refractivity (Wildman–Crippen MR) is 115 cm³/mol. The first kappa shape index (κ1) is 18.9. The maximum absolute atomic E-state index is 6.32. The van der Waals surface area contributed by atoms with Crippen LogP contribution >= 0.6 is 0 Å². The number of aryl methyl sites for hydroxylation is 2. The Balaban J connectivity index is 1.71. The van der Waals surface area contributed by atoms with Crippen molar-refractivity contribution in [3.05, 3.63) is 29.8 Å². The summed E-state index contributed by atoms with van der Waals surface area (Å²) in [5, 5.41) is 5.06. The number of ether oxygens (including phenoxy) is 2. The molecule has 8 nitrogen and oxygen atoms in total. The summed E-state index contributed by atoms with van der Waals surface area (Å²) in [5.41, 5.74) is 11.6. The van der Waals surface area contributed by atoms with Crippen LogP contribution in [0, 0.1) is 19.8 Å². The second-order valence-electron chi connectivity index (χ2n) is 7.90. The molecular formula is C22H25N5O3. The van der Waals surface area contributed by atoms with Crippen LogP contribution in [0.1, 0.15) is 24.3 Å². The quantitative estimate of drug-likeness (QED) is 0.548. The molecule has 0 unspecified atom stereocenters. The van der Waals surface area contributed by atoms with Gasteiger partial charge in [-0.15, -0.1) is 0 Å². The molecule has 4 heterocycles. The van der Waals surface area contributed by atoms with Gasteiger partial charge in [0.2, 0.25) is 5.95 Å². The molecule has 0 bridgehead atoms. The standard InChI is InChI=1S/C22H25N5O3/c1-12-20(13(2)30-26-12)16-8-17-15(9-19(16)28-3)21-18(10-24-17)25-22(23)27(21)11-14-4-6-29-7-5-14/h8-10,14H,4-7,11H2,1-3H3,(H2,23,25). The molecule has 2 N–H and O–H groups in total. The number of anilines is 1. The third kappa shape index (κ3) is 2.99. The number of hydrogen-bond donors (Lipinski definition) is 1. The van der Waals surface area contributed by atoms with Crippen LogP contribution in [0.3, 0.4) is 0 Å². The molecule has 4 aromatic rings. The zero-order valence-electron chi connectivity index (χ0n) is 17.4. The predicted octanol–water partition coefficient (Wildman–Crippen LogP) is 3.87. The molecular weight excluding hydrogens is 382 g/mol. The summed E-state index contributed by atoms with van der Waals surface area (Å²) < 4.78 is 18.8. The minimum absolute atomic E-state index is 0.513. The molecule has 1 fully saturated rings. The van der Waals surface area contributed by atoms with Crippen molar-refractivity contribution in [1.29, 1.82) is 0 Å². The molecule has 0 spiro atoms. The molecule has 3 aromatic heterocycles. The number of fused-ring (bicyclic) bond motifs is 3. The van der Waals surface area contributed by atoms with Crippen LogP contribution in [0.2, 0.25) is 0 Å². The van der Waals surface area contributed by atoms with E-state index in [1.807, 2.05) is 26.0 Å². The maximum Gasteiger partial charge on any atom is 0.201 e. The fraction of sp³-hybridized carbons (Fsp3) is 0.409. The van der Waals surface area contributed by atoms with E-state index in [4.69, 9.17) is 19.7 Å². The summed E-state index contributed by atoms with van der Waals surface area (Å²) in [7, 11) is 1.67. The van der Waals surface area contributed by atoms with Gasteiger partial charge in [0, 0.05) is 30.7 Å². The fourth-order valence-electron chi connectivity index (χ4n) is 4.46. The van der Waals surface area contributed by atoms with E-state index < -0.39 is 0 Å². The summed E-state index contributed by atoms with van der Waals surface area (Å²) in [6.45, 7) is 6.25. The van der Waals surface area contributed by atoms with Crippen molar-refractivity contribution < 1.29 is 14.0 Å². The van der Waals surface area contributed by atoms with Crippen molar-refractivity contribution >= 4 is 27.9 Å². The van der Waals surface area contributed by atoms with E-state index in [9.17, 15) is 0 Å². The van der Waals surface area contributed by atoms with Gasteiger partial charge in [0.05, 0.1) is 35.6 Å². The Bertz CT molecular complexity index is 1220. The lowest BCUT2D eigenvalue weighted by Crippen LogP contribution is -2.21. The Morgan fingerprint density at radius 3 is 2.70 bits per heavy atom. The third-order valence-electron chi connectivity index (χ3n) is 6.01. The minimum atomic E-state index is 0.513. The number of nitrogens with zero attached hydrogens (tertiary/aromatic N) is 4. The van der Waals surface area contributed by atoms with E-state index in [1.165, 1.54) is 0 Å². The highest BCUT2D eigenvalue weighted by atomic mass is 16.5. The Morgan fingerprint density at radius 1 is 1.20 bits per heavy atom. The summed E-state index contributed by atoms with van der Waals surface area (Å²) >= 11 is 0. The molecule has 0 aliphatic carbocycles.